The number of nitrogens with two attached hydrogens (primary N) is 1. The minimum absolute atomic E-state index is 0.0337. The summed E-state index contributed by atoms with van der Waals surface area (Å²) in [7, 11) is 0. The van der Waals surface area contributed by atoms with Crippen molar-refractivity contribution in [3.05, 3.63) is 34.9 Å². The topological polar surface area (TPSA) is 55.1 Å². The largest absolute Gasteiger partial charge is 0.347 e. The Morgan fingerprint density at radius 2 is 2.11 bits per heavy atom. The van der Waals surface area contributed by atoms with Crippen molar-refractivity contribution in [2.45, 2.75) is 49.6 Å². The number of hydrogen-bond donors (Lipinski definition) is 2. The van der Waals surface area contributed by atoms with Crippen molar-refractivity contribution < 1.29 is 4.79 Å². The van der Waals surface area contributed by atoms with Gasteiger partial charge < -0.3 is 11.1 Å². The van der Waals surface area contributed by atoms with Gasteiger partial charge in [0.25, 0.3) is 5.91 Å². The van der Waals surface area contributed by atoms with Gasteiger partial charge in [0.2, 0.25) is 0 Å². The molecule has 0 radical (unpaired) electrons. The summed E-state index contributed by atoms with van der Waals surface area (Å²) in [6.45, 7) is 0. The van der Waals surface area contributed by atoms with Gasteiger partial charge in [0, 0.05) is 21.7 Å². The molecule has 0 heterocycles. The first-order valence-corrected chi connectivity index (χ1v) is 7.25. The normalized spacial score (nSPS) is 33.2. The summed E-state index contributed by atoms with van der Waals surface area (Å²) >= 11 is 5.93. The first kappa shape index (κ1) is 12.9. The van der Waals surface area contributed by atoms with Gasteiger partial charge in [-0.2, -0.15) is 0 Å². The lowest BCUT2D eigenvalue weighted by molar-refractivity contribution is 0.0876. The van der Waals surface area contributed by atoms with E-state index in [1.807, 2.05) is 0 Å². The van der Waals surface area contributed by atoms with Gasteiger partial charge in [-0.1, -0.05) is 17.7 Å². The molecule has 1 amide bonds. The van der Waals surface area contributed by atoms with Crippen LogP contribution in [0.15, 0.2) is 24.3 Å². The third-order valence-electron chi connectivity index (χ3n) is 4.59. The van der Waals surface area contributed by atoms with Crippen LogP contribution in [0, 0.1) is 0 Å². The molecule has 3 N–H and O–H groups in total. The average Bonchev–Trinajstić information content (AvgIpc) is 2.59. The summed E-state index contributed by atoms with van der Waals surface area (Å²) in [6, 6.07) is 7.09. The molecule has 19 heavy (non-hydrogen) atoms. The van der Waals surface area contributed by atoms with E-state index in [2.05, 4.69) is 5.32 Å². The van der Waals surface area contributed by atoms with Gasteiger partial charge in [-0.25, -0.2) is 0 Å². The van der Waals surface area contributed by atoms with E-state index in [4.69, 9.17) is 17.3 Å². The lowest BCUT2D eigenvalue weighted by Gasteiger charge is -2.38. The molecule has 0 saturated heterocycles. The van der Waals surface area contributed by atoms with Gasteiger partial charge in [0.15, 0.2) is 0 Å². The van der Waals surface area contributed by atoms with Crippen molar-refractivity contribution in [2.75, 3.05) is 0 Å². The fraction of sp³-hybridized carbons (Fsp3) is 0.533. The summed E-state index contributed by atoms with van der Waals surface area (Å²) in [5.74, 6) is -0.0337. The maximum absolute atomic E-state index is 12.3. The lowest BCUT2D eigenvalue weighted by atomic mass is 9.79. The standard InChI is InChI=1S/C15H19ClN2O/c16-12-4-1-3-11(9-12)13(19)18-15-6-2-5-14(17,10-15)7-8-15/h1,3-4,9H,2,5-8,10,17H2,(H,18,19)/t14-,15+/m1/s1. The Morgan fingerprint density at radius 1 is 1.26 bits per heavy atom. The van der Waals surface area contributed by atoms with Gasteiger partial charge in [-0.05, 0) is 56.7 Å². The summed E-state index contributed by atoms with van der Waals surface area (Å²) < 4.78 is 0. The monoisotopic (exact) mass is 278 g/mol. The zero-order valence-corrected chi connectivity index (χ0v) is 11.7. The number of carbonyl (C=O) groups excluding carboxylic acids is 1. The minimum Gasteiger partial charge on any atom is -0.347 e. The molecule has 102 valence electrons. The van der Waals surface area contributed by atoms with Crippen LogP contribution in [-0.2, 0) is 0 Å². The van der Waals surface area contributed by atoms with E-state index in [1.54, 1.807) is 24.3 Å². The number of hydrogen-bond acceptors (Lipinski definition) is 2. The van der Waals surface area contributed by atoms with E-state index in [9.17, 15) is 4.79 Å². The maximum Gasteiger partial charge on any atom is 0.251 e. The maximum atomic E-state index is 12.3. The fourth-order valence-corrected chi connectivity index (χ4v) is 3.85. The molecule has 4 heteroatoms. The van der Waals surface area contributed by atoms with Crippen LogP contribution in [0.5, 0.6) is 0 Å². The molecule has 3 rings (SSSR count). The lowest BCUT2D eigenvalue weighted by Crippen LogP contribution is -2.52. The van der Waals surface area contributed by atoms with Gasteiger partial charge in [0.1, 0.15) is 0 Å². The van der Waals surface area contributed by atoms with E-state index >= 15 is 0 Å². The molecule has 2 fully saturated rings. The molecule has 2 saturated carbocycles. The van der Waals surface area contributed by atoms with E-state index < -0.39 is 0 Å². The highest BCUT2D eigenvalue weighted by Gasteiger charge is 2.49. The molecule has 2 aliphatic carbocycles. The Hall–Kier alpha value is -1.06. The molecule has 3 nitrogen and oxygen atoms in total. The highest BCUT2D eigenvalue weighted by molar-refractivity contribution is 6.30. The van der Waals surface area contributed by atoms with Crippen LogP contribution in [0.2, 0.25) is 5.02 Å². The highest BCUT2D eigenvalue weighted by Crippen LogP contribution is 2.46. The van der Waals surface area contributed by atoms with E-state index in [1.165, 1.54) is 0 Å². The van der Waals surface area contributed by atoms with Crippen LogP contribution in [0.25, 0.3) is 0 Å². The molecule has 2 atom stereocenters. The zero-order chi connectivity index (χ0) is 13.5. The van der Waals surface area contributed by atoms with Gasteiger partial charge in [0.05, 0.1) is 0 Å². The molecule has 2 bridgehead atoms. The third-order valence-corrected chi connectivity index (χ3v) is 4.82. The summed E-state index contributed by atoms with van der Waals surface area (Å²) in [5.41, 5.74) is 6.83. The predicted octanol–water partition coefficient (Wildman–Crippen LogP) is 2.87. The Labute approximate surface area is 118 Å². The number of halogens is 1. The SMILES string of the molecule is N[C@]12CCC[C@](NC(=O)c3cccc(Cl)c3)(CC1)C2. The van der Waals surface area contributed by atoms with Crippen molar-refractivity contribution in [3.63, 3.8) is 0 Å². The number of nitrogens with one attached hydrogen (secondary N) is 1. The van der Waals surface area contributed by atoms with Crippen molar-refractivity contribution in [1.82, 2.24) is 5.32 Å². The number of fused-ring (bicyclic) bond motifs is 2. The van der Waals surface area contributed by atoms with Crippen LogP contribution in [0.4, 0.5) is 0 Å². The predicted molar refractivity (Wildman–Crippen MR) is 76.3 cm³/mol. The molecule has 1 aromatic rings. The second kappa shape index (κ2) is 4.50. The molecule has 0 aromatic heterocycles. The van der Waals surface area contributed by atoms with Crippen LogP contribution in [0.1, 0.15) is 48.9 Å². The summed E-state index contributed by atoms with van der Waals surface area (Å²) in [5, 5.41) is 3.81. The molecule has 1 aromatic carbocycles. The van der Waals surface area contributed by atoms with Gasteiger partial charge >= 0.3 is 0 Å². The number of carbonyl (C=O) groups is 1. The first-order chi connectivity index (χ1) is 9.00. The molecule has 2 aliphatic rings. The second-order valence-corrected chi connectivity index (χ2v) is 6.57. The Balaban J connectivity index is 1.77. The fourth-order valence-electron chi connectivity index (χ4n) is 3.66. The smallest absolute Gasteiger partial charge is 0.251 e. The molecule has 0 spiro atoms. The molecular weight excluding hydrogens is 260 g/mol. The van der Waals surface area contributed by atoms with Crippen molar-refractivity contribution in [1.29, 1.82) is 0 Å². The van der Waals surface area contributed by atoms with Gasteiger partial charge in [-0.3, -0.25) is 4.79 Å². The van der Waals surface area contributed by atoms with Crippen LogP contribution in [-0.4, -0.2) is 17.0 Å². The first-order valence-electron chi connectivity index (χ1n) is 6.87. The number of benzene rings is 1. The van der Waals surface area contributed by atoms with Crippen LogP contribution < -0.4 is 11.1 Å². The summed E-state index contributed by atoms with van der Waals surface area (Å²) in [4.78, 5) is 12.3. The van der Waals surface area contributed by atoms with Crippen LogP contribution >= 0.6 is 11.6 Å². The van der Waals surface area contributed by atoms with E-state index in [0.29, 0.717) is 10.6 Å². The highest BCUT2D eigenvalue weighted by atomic mass is 35.5. The molecule has 0 aliphatic heterocycles. The Morgan fingerprint density at radius 3 is 2.89 bits per heavy atom. The van der Waals surface area contributed by atoms with Crippen LogP contribution in [0.3, 0.4) is 0 Å². The Bertz CT molecular complexity index is 519. The van der Waals surface area contributed by atoms with Crippen molar-refractivity contribution in [2.24, 2.45) is 5.73 Å². The third kappa shape index (κ3) is 2.49. The number of amides is 1. The van der Waals surface area contributed by atoms with E-state index in [-0.39, 0.29) is 17.0 Å². The Kier molecular flexibility index (Phi) is 3.06. The van der Waals surface area contributed by atoms with Crippen molar-refractivity contribution in [3.8, 4) is 0 Å². The molecule has 0 unspecified atom stereocenters. The average molecular weight is 279 g/mol. The summed E-state index contributed by atoms with van der Waals surface area (Å²) in [6.07, 6.45) is 6.15. The zero-order valence-electron chi connectivity index (χ0n) is 10.9. The van der Waals surface area contributed by atoms with E-state index in [0.717, 1.165) is 38.5 Å². The minimum atomic E-state index is -0.0909. The molecular formula is C15H19ClN2O. The quantitative estimate of drug-likeness (QED) is 0.874. The number of rotatable bonds is 2. The van der Waals surface area contributed by atoms with Crippen molar-refractivity contribution >= 4 is 17.5 Å². The van der Waals surface area contributed by atoms with Gasteiger partial charge in [-0.15, -0.1) is 0 Å². The second-order valence-electron chi connectivity index (χ2n) is 6.14.